The molecule has 0 saturated heterocycles. The van der Waals surface area contributed by atoms with Crippen molar-refractivity contribution < 1.29 is 14.2 Å². The summed E-state index contributed by atoms with van der Waals surface area (Å²) in [7, 11) is 6.74. The molecule has 2 N–H and O–H groups in total. The van der Waals surface area contributed by atoms with Crippen molar-refractivity contribution in [3.8, 4) is 11.5 Å². The van der Waals surface area contributed by atoms with Crippen molar-refractivity contribution in [1.82, 2.24) is 10.6 Å². The number of benzene rings is 1. The number of hydrogen-bond donors (Lipinski definition) is 2. The number of methoxy groups -OCH3 is 3. The zero-order chi connectivity index (χ0) is 18.2. The van der Waals surface area contributed by atoms with E-state index in [1.807, 2.05) is 12.1 Å². The van der Waals surface area contributed by atoms with Gasteiger partial charge >= 0.3 is 0 Å². The van der Waals surface area contributed by atoms with E-state index >= 15 is 0 Å². The minimum Gasteiger partial charge on any atom is -0.493 e. The van der Waals surface area contributed by atoms with Gasteiger partial charge in [0.05, 0.1) is 20.8 Å². The highest BCUT2D eigenvalue weighted by molar-refractivity contribution is 14.0. The summed E-state index contributed by atoms with van der Waals surface area (Å²) in [5.74, 6) is 2.23. The minimum atomic E-state index is -0.109. The van der Waals surface area contributed by atoms with Crippen molar-refractivity contribution in [3.05, 3.63) is 23.8 Å². The van der Waals surface area contributed by atoms with E-state index in [2.05, 4.69) is 42.5 Å². The van der Waals surface area contributed by atoms with Crippen molar-refractivity contribution in [2.24, 2.45) is 4.99 Å². The average molecular weight is 465 g/mol. The average Bonchev–Trinajstić information content (AvgIpc) is 2.58. The summed E-state index contributed by atoms with van der Waals surface area (Å²) in [6, 6.07) is 6.20. The Labute approximate surface area is 168 Å². The van der Waals surface area contributed by atoms with Crippen LogP contribution in [-0.4, -0.2) is 53.5 Å². The van der Waals surface area contributed by atoms with Gasteiger partial charge in [0.25, 0.3) is 0 Å². The molecule has 0 spiro atoms. The molecular weight excluding hydrogens is 433 g/mol. The normalized spacial score (nSPS) is 12.8. The fourth-order valence-electron chi connectivity index (χ4n) is 2.38. The van der Waals surface area contributed by atoms with E-state index in [1.54, 1.807) is 28.4 Å². The van der Waals surface area contributed by atoms with Crippen LogP contribution >= 0.6 is 24.0 Å². The molecule has 0 radical (unpaired) electrons. The van der Waals surface area contributed by atoms with Crippen LogP contribution in [0.1, 0.15) is 26.3 Å². The summed E-state index contributed by atoms with van der Waals surface area (Å²) in [6.07, 6.45) is 0. The van der Waals surface area contributed by atoms with Crippen LogP contribution in [0.15, 0.2) is 23.2 Å². The second-order valence-electron chi connectivity index (χ2n) is 6.38. The van der Waals surface area contributed by atoms with Gasteiger partial charge in [-0.15, -0.1) is 24.0 Å². The van der Waals surface area contributed by atoms with Gasteiger partial charge in [-0.25, -0.2) is 0 Å². The third-order valence-electron chi connectivity index (χ3n) is 3.89. The third-order valence-corrected chi connectivity index (χ3v) is 3.89. The molecule has 1 aromatic rings. The zero-order valence-corrected chi connectivity index (χ0v) is 18.6. The fraction of sp³-hybridized carbons (Fsp3) is 0.611. The second-order valence-corrected chi connectivity index (χ2v) is 6.38. The van der Waals surface area contributed by atoms with Crippen LogP contribution < -0.4 is 20.1 Å². The van der Waals surface area contributed by atoms with E-state index in [0.717, 1.165) is 29.6 Å². The lowest BCUT2D eigenvalue weighted by molar-refractivity contribution is 0.179. The summed E-state index contributed by atoms with van der Waals surface area (Å²) in [5.41, 5.74) is 1.05. The van der Waals surface area contributed by atoms with Crippen molar-refractivity contribution >= 4 is 29.9 Å². The van der Waals surface area contributed by atoms with Gasteiger partial charge in [-0.05, 0) is 24.6 Å². The molecule has 0 amide bonds. The van der Waals surface area contributed by atoms with Crippen molar-refractivity contribution in [2.75, 3.05) is 41.5 Å². The molecule has 6 nitrogen and oxygen atoms in total. The highest BCUT2D eigenvalue weighted by Gasteiger charge is 2.23. The highest BCUT2D eigenvalue weighted by Crippen LogP contribution is 2.32. The molecule has 0 aliphatic carbocycles. The van der Waals surface area contributed by atoms with Gasteiger partial charge in [0, 0.05) is 32.2 Å². The Morgan fingerprint density at radius 1 is 1.16 bits per heavy atom. The molecule has 0 saturated carbocycles. The molecule has 144 valence electrons. The van der Waals surface area contributed by atoms with E-state index < -0.39 is 0 Å². The van der Waals surface area contributed by atoms with Crippen LogP contribution in [0.3, 0.4) is 0 Å². The monoisotopic (exact) mass is 465 g/mol. The van der Waals surface area contributed by atoms with E-state index in [1.165, 1.54) is 0 Å². The number of hydrogen-bond acceptors (Lipinski definition) is 4. The molecular formula is C18H32IN3O3. The number of rotatable bonds is 8. The first-order valence-electron chi connectivity index (χ1n) is 8.06. The Morgan fingerprint density at radius 2 is 1.80 bits per heavy atom. The van der Waals surface area contributed by atoms with Crippen molar-refractivity contribution in [3.63, 3.8) is 0 Å². The van der Waals surface area contributed by atoms with E-state index in [4.69, 9.17) is 14.2 Å². The molecule has 0 aliphatic heterocycles. The van der Waals surface area contributed by atoms with Crippen LogP contribution in [0.5, 0.6) is 11.5 Å². The van der Waals surface area contributed by atoms with Gasteiger partial charge in [0.1, 0.15) is 0 Å². The molecule has 1 atom stereocenters. The first-order chi connectivity index (χ1) is 11.4. The topological polar surface area (TPSA) is 64.1 Å². The van der Waals surface area contributed by atoms with Crippen LogP contribution in [0, 0.1) is 0 Å². The lowest BCUT2D eigenvalue weighted by Crippen LogP contribution is -2.47. The smallest absolute Gasteiger partial charge is 0.191 e. The molecule has 1 unspecified atom stereocenters. The maximum Gasteiger partial charge on any atom is 0.191 e. The third kappa shape index (κ3) is 7.27. The number of ether oxygens (including phenoxy) is 3. The van der Waals surface area contributed by atoms with Crippen molar-refractivity contribution in [1.29, 1.82) is 0 Å². The van der Waals surface area contributed by atoms with Crippen LogP contribution in [0.4, 0.5) is 0 Å². The molecule has 1 aromatic carbocycles. The Balaban J connectivity index is 0.00000576. The highest BCUT2D eigenvalue weighted by atomic mass is 127. The molecule has 7 heteroatoms. The quantitative estimate of drug-likeness (QED) is 0.351. The van der Waals surface area contributed by atoms with Crippen LogP contribution in [0.2, 0.25) is 0 Å². The maximum absolute atomic E-state index is 5.40. The number of nitrogens with one attached hydrogen (secondary N) is 2. The Bertz CT molecular complexity index is 550. The Morgan fingerprint density at radius 3 is 2.32 bits per heavy atom. The largest absolute Gasteiger partial charge is 0.493 e. The van der Waals surface area contributed by atoms with Gasteiger partial charge < -0.3 is 24.8 Å². The van der Waals surface area contributed by atoms with Gasteiger partial charge in [-0.1, -0.05) is 19.9 Å². The first-order valence-corrected chi connectivity index (χ1v) is 8.06. The predicted octanol–water partition coefficient (Wildman–Crippen LogP) is 2.80. The number of halogens is 1. The molecule has 1 rings (SSSR count). The molecule has 0 bridgehead atoms. The number of nitrogens with zero attached hydrogens (tertiary/aromatic N) is 1. The Kier molecular flexibility index (Phi) is 10.8. The summed E-state index contributed by atoms with van der Waals surface area (Å²) >= 11 is 0. The number of aliphatic imine (C=N–C) groups is 1. The summed E-state index contributed by atoms with van der Waals surface area (Å²) in [6.45, 7) is 7.75. The number of guanidine groups is 1. The minimum absolute atomic E-state index is 0. The Hall–Kier alpha value is -1.22. The van der Waals surface area contributed by atoms with Gasteiger partial charge in [-0.3, -0.25) is 4.99 Å². The van der Waals surface area contributed by atoms with Crippen LogP contribution in [0.25, 0.3) is 0 Å². The summed E-state index contributed by atoms with van der Waals surface area (Å²) in [4.78, 5) is 4.26. The molecule has 25 heavy (non-hydrogen) atoms. The van der Waals surface area contributed by atoms with Gasteiger partial charge in [0.15, 0.2) is 17.5 Å². The van der Waals surface area contributed by atoms with Crippen LogP contribution in [-0.2, 0) is 10.2 Å². The van der Waals surface area contributed by atoms with E-state index in [0.29, 0.717) is 6.61 Å². The van der Waals surface area contributed by atoms with Gasteiger partial charge in [0.2, 0.25) is 0 Å². The lowest BCUT2D eigenvalue weighted by Gasteiger charge is -2.28. The first kappa shape index (κ1) is 23.8. The summed E-state index contributed by atoms with van der Waals surface area (Å²) < 4.78 is 15.8. The fourth-order valence-corrected chi connectivity index (χ4v) is 2.38. The molecule has 0 aromatic heterocycles. The standard InChI is InChI=1S/C18H31N3O3.HI/c1-13(11-22-5)21-17(19-4)20-12-18(2,3)14-8-9-15(23-6)16(10-14)24-7;/h8-10,13H,11-12H2,1-7H3,(H2,19,20,21);1H. The predicted molar refractivity (Wildman–Crippen MR) is 114 cm³/mol. The molecule has 0 heterocycles. The van der Waals surface area contributed by atoms with Crippen molar-refractivity contribution in [2.45, 2.75) is 32.2 Å². The zero-order valence-electron chi connectivity index (χ0n) is 16.3. The van der Waals surface area contributed by atoms with E-state index in [9.17, 15) is 0 Å². The van der Waals surface area contributed by atoms with Gasteiger partial charge in [-0.2, -0.15) is 0 Å². The lowest BCUT2D eigenvalue weighted by atomic mass is 9.84. The summed E-state index contributed by atoms with van der Waals surface area (Å²) in [5, 5.41) is 6.68. The second kappa shape index (κ2) is 11.4. The molecule has 0 aliphatic rings. The maximum atomic E-state index is 5.40. The SMILES string of the molecule is CN=C(NCC(C)(C)c1ccc(OC)c(OC)c1)NC(C)COC.I. The molecule has 0 fully saturated rings. The van der Waals surface area contributed by atoms with E-state index in [-0.39, 0.29) is 35.4 Å².